The van der Waals surface area contributed by atoms with Crippen molar-refractivity contribution in [3.63, 3.8) is 0 Å². The first kappa shape index (κ1) is 61.3. The van der Waals surface area contributed by atoms with Gasteiger partial charge in [0.05, 0.1) is 12.6 Å². The molecule has 2 aliphatic heterocycles. The maximum absolute atomic E-state index is 15.3. The van der Waals surface area contributed by atoms with E-state index >= 15 is 4.79 Å². The Bertz CT molecular complexity index is 2430. The molecule has 0 aromatic heterocycles. The molecule has 2 aromatic rings. The molecule has 2 fully saturated rings. The number of carbonyl (C=O) groups excluding carboxylic acids is 6. The third-order valence-electron chi connectivity index (χ3n) is 14.7. The molecular weight excluding hydrogens is 1000 g/mol. The highest BCUT2D eigenvalue weighted by Crippen LogP contribution is 2.41. The minimum Gasteiger partial charge on any atom is -0.480 e. The molecule has 20 N–H and O–H groups in total. The minimum absolute atomic E-state index is 0.0130. The number of carboxylic acid groups (broad SMARTS) is 1. The highest BCUT2D eigenvalue weighted by molar-refractivity contribution is 5.96. The number of aliphatic hydroxyl groups is 1. The van der Waals surface area contributed by atoms with Crippen molar-refractivity contribution in [1.29, 1.82) is 0 Å². The zero-order valence-corrected chi connectivity index (χ0v) is 44.5. The van der Waals surface area contributed by atoms with Crippen LogP contribution in [-0.2, 0) is 52.9 Å². The molecule has 0 radical (unpaired) electrons. The van der Waals surface area contributed by atoms with E-state index in [9.17, 15) is 39.0 Å². The molecular formula is C53H82N16O9. The maximum Gasteiger partial charge on any atom is 0.326 e. The van der Waals surface area contributed by atoms with E-state index in [0.29, 0.717) is 51.4 Å². The molecule has 0 bridgehead atoms. The van der Waals surface area contributed by atoms with Crippen molar-refractivity contribution >= 4 is 59.3 Å². The lowest BCUT2D eigenvalue weighted by Gasteiger charge is -2.42. The van der Waals surface area contributed by atoms with Gasteiger partial charge in [-0.25, -0.2) is 4.79 Å². The molecule has 2 aromatic carbocycles. The van der Waals surface area contributed by atoms with Crippen LogP contribution in [0.25, 0.3) is 0 Å². The number of rotatable bonds is 30. The Morgan fingerprint density at radius 3 is 1.86 bits per heavy atom. The number of guanidine groups is 3. The fourth-order valence-electron chi connectivity index (χ4n) is 10.6. The predicted octanol–water partition coefficient (Wildman–Crippen LogP) is -1.74. The quantitative estimate of drug-likeness (QED) is 0.0235. The molecule has 5 rings (SSSR count). The second kappa shape index (κ2) is 31.0. The first-order chi connectivity index (χ1) is 37.4. The Morgan fingerprint density at radius 1 is 0.641 bits per heavy atom. The number of nitrogens with one attached hydrogen (secondary N) is 4. The molecule has 1 saturated heterocycles. The standard InChI is InChI=1S/C53H82N16O9/c54-37(19-10-24-62-51(55)56)45(72)65-38(20-11-25-63-52(57)58)46(73)61-23-9-8-17-35(27-32-13-2-1-3-14-32)44(71)67-40(31-70)48(75)68-30-36-18-5-4-15-33(36)28-43(68)49(76)69-41-22-7-6-16-34(41)29-42(69)47(74)66-39(50(77)78)21-12-26-64-53(59)60/h1-5,13-15,18,34-35,37-43,70H,6-12,16-17,19-31,54H2,(H,61,73)(H,65,72)(H,66,74)(H,67,71)(H,77,78)(H4,55,56,62)(H4,57,58,63)(H4,59,60,64). The SMILES string of the molecule is NC(N)=NCCCC(N)C(=O)NC(CCCN=C(N)N)C(=O)NCCCCC(Cc1ccccc1)C(=O)NC(CO)C(=O)N1Cc2ccccc2CC1C(=O)N1C(C(=O)NC(CCCN=C(N)N)C(=O)O)CC2CCCCC21. The average molecular weight is 1090 g/mol. The Hall–Kier alpha value is -7.54. The normalized spacial score (nSPS) is 19.5. The van der Waals surface area contributed by atoms with E-state index in [-0.39, 0.29) is 94.7 Å². The molecule has 78 heavy (non-hydrogen) atoms. The number of nitrogens with zero attached hydrogens (tertiary/aromatic N) is 5. The van der Waals surface area contributed by atoms with Crippen LogP contribution in [0, 0.1) is 11.8 Å². The van der Waals surface area contributed by atoms with Crippen LogP contribution in [-0.4, -0.2) is 154 Å². The van der Waals surface area contributed by atoms with Gasteiger partial charge < -0.3 is 81.4 Å². The van der Waals surface area contributed by atoms with Gasteiger partial charge in [0.1, 0.15) is 30.2 Å². The van der Waals surface area contributed by atoms with E-state index < -0.39 is 90.2 Å². The molecule has 25 nitrogen and oxygen atoms in total. The monoisotopic (exact) mass is 1090 g/mol. The van der Waals surface area contributed by atoms with Crippen molar-refractivity contribution < 1.29 is 43.8 Å². The molecule has 428 valence electrons. The van der Waals surface area contributed by atoms with Crippen LogP contribution in [0.15, 0.2) is 69.6 Å². The Kier molecular flexibility index (Phi) is 24.4. The van der Waals surface area contributed by atoms with Crippen molar-refractivity contribution in [2.24, 2.45) is 66.9 Å². The van der Waals surface area contributed by atoms with Crippen molar-refractivity contribution in [2.75, 3.05) is 32.8 Å². The van der Waals surface area contributed by atoms with Gasteiger partial charge in [-0.2, -0.15) is 0 Å². The summed E-state index contributed by atoms with van der Waals surface area (Å²) in [6.07, 6.45) is 6.71. The van der Waals surface area contributed by atoms with Crippen molar-refractivity contribution in [3.05, 3.63) is 71.3 Å². The second-order valence-corrected chi connectivity index (χ2v) is 20.4. The van der Waals surface area contributed by atoms with Crippen molar-refractivity contribution in [2.45, 2.75) is 152 Å². The van der Waals surface area contributed by atoms with Crippen LogP contribution >= 0.6 is 0 Å². The number of hydrogen-bond donors (Lipinski definition) is 13. The second-order valence-electron chi connectivity index (χ2n) is 20.4. The molecule has 1 saturated carbocycles. The number of aliphatic carboxylic acids is 1. The molecule has 1 aliphatic carbocycles. The number of nitrogens with two attached hydrogens (primary N) is 7. The summed E-state index contributed by atoms with van der Waals surface area (Å²) in [5.74, 6) is -5.49. The Labute approximate surface area is 455 Å². The summed E-state index contributed by atoms with van der Waals surface area (Å²) >= 11 is 0. The van der Waals surface area contributed by atoms with Crippen LogP contribution < -0.4 is 61.4 Å². The smallest absolute Gasteiger partial charge is 0.326 e. The number of unbranched alkanes of at least 4 members (excludes halogenated alkanes) is 1. The van der Waals surface area contributed by atoms with Crippen LogP contribution in [0.5, 0.6) is 0 Å². The van der Waals surface area contributed by atoms with Crippen LogP contribution in [0.2, 0.25) is 0 Å². The van der Waals surface area contributed by atoms with E-state index in [2.05, 4.69) is 36.2 Å². The lowest BCUT2D eigenvalue weighted by molar-refractivity contribution is -0.153. The van der Waals surface area contributed by atoms with Gasteiger partial charge in [-0.15, -0.1) is 0 Å². The summed E-state index contributed by atoms with van der Waals surface area (Å²) in [6.45, 7) is 0.0917. The predicted molar refractivity (Wildman–Crippen MR) is 294 cm³/mol. The van der Waals surface area contributed by atoms with Crippen molar-refractivity contribution in [1.82, 2.24) is 31.1 Å². The summed E-state index contributed by atoms with van der Waals surface area (Å²) < 4.78 is 0. The van der Waals surface area contributed by atoms with Crippen LogP contribution in [0.1, 0.15) is 107 Å². The van der Waals surface area contributed by atoms with Gasteiger partial charge >= 0.3 is 5.97 Å². The summed E-state index contributed by atoms with van der Waals surface area (Å²) in [7, 11) is 0. The summed E-state index contributed by atoms with van der Waals surface area (Å²) in [6, 6.07) is 9.68. The Morgan fingerprint density at radius 2 is 1.23 bits per heavy atom. The number of carboxylic acids is 1. The van der Waals surface area contributed by atoms with Gasteiger partial charge in [-0.1, -0.05) is 73.9 Å². The molecule has 9 unspecified atom stereocenters. The fourth-order valence-corrected chi connectivity index (χ4v) is 10.6. The van der Waals surface area contributed by atoms with Gasteiger partial charge in [0.25, 0.3) is 0 Å². The van der Waals surface area contributed by atoms with E-state index in [1.165, 1.54) is 4.90 Å². The molecule has 3 aliphatic rings. The third kappa shape index (κ3) is 18.6. The first-order valence-corrected chi connectivity index (χ1v) is 27.1. The van der Waals surface area contributed by atoms with Gasteiger partial charge in [0.2, 0.25) is 35.4 Å². The first-order valence-electron chi connectivity index (χ1n) is 27.1. The Balaban J connectivity index is 1.29. The van der Waals surface area contributed by atoms with Gasteiger partial charge in [-0.05, 0) is 99.7 Å². The number of carbonyl (C=O) groups is 7. The molecule has 9 atom stereocenters. The highest BCUT2D eigenvalue weighted by Gasteiger charge is 2.51. The van der Waals surface area contributed by atoms with Gasteiger partial charge in [0, 0.05) is 51.1 Å². The molecule has 25 heteroatoms. The van der Waals surface area contributed by atoms with E-state index in [1.807, 2.05) is 54.6 Å². The lowest BCUT2D eigenvalue weighted by atomic mass is 9.84. The fraction of sp³-hybridized carbons (Fsp3) is 0.585. The van der Waals surface area contributed by atoms with E-state index in [1.54, 1.807) is 4.90 Å². The van der Waals surface area contributed by atoms with E-state index in [4.69, 9.17) is 40.1 Å². The van der Waals surface area contributed by atoms with Crippen LogP contribution in [0.3, 0.4) is 0 Å². The largest absolute Gasteiger partial charge is 0.480 e. The molecule has 2 heterocycles. The highest BCUT2D eigenvalue weighted by atomic mass is 16.4. The number of amides is 6. The summed E-state index contributed by atoms with van der Waals surface area (Å²) in [4.78, 5) is 112. The zero-order chi connectivity index (χ0) is 56.7. The number of aliphatic imine (C=N–C) groups is 3. The van der Waals surface area contributed by atoms with Crippen LogP contribution in [0.4, 0.5) is 0 Å². The number of hydrogen-bond acceptors (Lipinski definition) is 12. The molecule has 0 spiro atoms. The van der Waals surface area contributed by atoms with Gasteiger partial charge in [0.15, 0.2) is 17.9 Å². The lowest BCUT2D eigenvalue weighted by Crippen LogP contribution is -2.62. The van der Waals surface area contributed by atoms with Crippen molar-refractivity contribution in [3.8, 4) is 0 Å². The van der Waals surface area contributed by atoms with E-state index in [0.717, 1.165) is 36.0 Å². The number of benzene rings is 2. The number of fused-ring (bicyclic) bond motifs is 2. The topological polar surface area (TPSA) is 434 Å². The summed E-state index contributed by atoms with van der Waals surface area (Å²) in [5.41, 5.74) is 41.2. The maximum atomic E-state index is 15.3. The van der Waals surface area contributed by atoms with Gasteiger partial charge in [-0.3, -0.25) is 43.7 Å². The number of aliphatic hydroxyl groups excluding tert-OH is 1. The summed E-state index contributed by atoms with van der Waals surface area (Å²) in [5, 5.41) is 32.1. The number of likely N-dealkylation sites (tertiary alicyclic amines) is 1. The minimum atomic E-state index is -1.45. The zero-order valence-electron chi connectivity index (χ0n) is 44.5. The molecule has 6 amide bonds. The average Bonchev–Trinajstić information content (AvgIpc) is 3.83. The third-order valence-corrected chi connectivity index (χ3v) is 14.7.